The van der Waals surface area contributed by atoms with Crippen molar-refractivity contribution in [1.82, 2.24) is 14.5 Å². The van der Waals surface area contributed by atoms with Crippen molar-refractivity contribution in [3.63, 3.8) is 0 Å². The summed E-state index contributed by atoms with van der Waals surface area (Å²) < 4.78 is 40.2. The molecular weight excluding hydrogens is 379 g/mol. The lowest BCUT2D eigenvalue weighted by molar-refractivity contribution is -0.137. The van der Waals surface area contributed by atoms with Crippen molar-refractivity contribution in [3.8, 4) is 0 Å². The third-order valence-corrected chi connectivity index (χ3v) is 4.53. The Morgan fingerprint density at radius 1 is 1.00 bits per heavy atom. The zero-order valence-corrected chi connectivity index (χ0v) is 15.5. The summed E-state index contributed by atoms with van der Waals surface area (Å²) in [4.78, 5) is 8.88. The molecule has 2 aromatic heterocycles. The molecular formula is C21H18F3N5. The summed E-state index contributed by atoms with van der Waals surface area (Å²) in [6.07, 6.45) is -2.72. The van der Waals surface area contributed by atoms with Gasteiger partial charge in [0.25, 0.3) is 0 Å². The fourth-order valence-electron chi connectivity index (χ4n) is 3.10. The van der Waals surface area contributed by atoms with Crippen molar-refractivity contribution >= 4 is 28.5 Å². The van der Waals surface area contributed by atoms with Crippen LogP contribution in [0.3, 0.4) is 0 Å². The molecule has 2 N–H and O–H groups in total. The van der Waals surface area contributed by atoms with E-state index < -0.39 is 11.7 Å². The minimum Gasteiger partial charge on any atom is -0.359 e. The van der Waals surface area contributed by atoms with Crippen LogP contribution < -0.4 is 10.6 Å². The Morgan fingerprint density at radius 3 is 2.38 bits per heavy atom. The molecule has 0 spiro atoms. The van der Waals surface area contributed by atoms with Crippen LogP contribution >= 0.6 is 0 Å². The SMILES string of the molecule is CNc1nc2cnc(Nc3ccc(C(F)(F)F)cc3)cc2n1Cc1ccccc1. The Morgan fingerprint density at radius 2 is 1.72 bits per heavy atom. The van der Waals surface area contributed by atoms with Gasteiger partial charge in [0.05, 0.1) is 23.8 Å². The number of aromatic nitrogens is 3. The van der Waals surface area contributed by atoms with Gasteiger partial charge in [-0.15, -0.1) is 0 Å². The second kappa shape index (κ2) is 7.46. The van der Waals surface area contributed by atoms with Crippen LogP contribution in [0.1, 0.15) is 11.1 Å². The fourth-order valence-corrected chi connectivity index (χ4v) is 3.10. The van der Waals surface area contributed by atoms with E-state index in [1.165, 1.54) is 12.1 Å². The van der Waals surface area contributed by atoms with Gasteiger partial charge in [0.1, 0.15) is 11.3 Å². The highest BCUT2D eigenvalue weighted by molar-refractivity contribution is 5.81. The zero-order chi connectivity index (χ0) is 20.4. The topological polar surface area (TPSA) is 54.8 Å². The molecule has 4 rings (SSSR count). The average Bonchev–Trinajstić information content (AvgIpc) is 3.05. The Bertz CT molecular complexity index is 1120. The van der Waals surface area contributed by atoms with Gasteiger partial charge in [-0.2, -0.15) is 13.2 Å². The number of benzene rings is 2. The van der Waals surface area contributed by atoms with Crippen LogP contribution in [-0.2, 0) is 12.7 Å². The van der Waals surface area contributed by atoms with Crippen LogP contribution in [-0.4, -0.2) is 21.6 Å². The number of imidazole rings is 1. The summed E-state index contributed by atoms with van der Waals surface area (Å²) >= 11 is 0. The van der Waals surface area contributed by atoms with Crippen molar-refractivity contribution in [2.45, 2.75) is 12.7 Å². The smallest absolute Gasteiger partial charge is 0.359 e. The summed E-state index contributed by atoms with van der Waals surface area (Å²) in [5.74, 6) is 1.23. The zero-order valence-electron chi connectivity index (χ0n) is 15.5. The van der Waals surface area contributed by atoms with E-state index in [1.54, 1.807) is 13.2 Å². The van der Waals surface area contributed by atoms with Gasteiger partial charge in [-0.1, -0.05) is 30.3 Å². The molecule has 0 unspecified atom stereocenters. The predicted octanol–water partition coefficient (Wildman–Crippen LogP) is 5.28. The number of fused-ring (bicyclic) bond motifs is 1. The van der Waals surface area contributed by atoms with Crippen molar-refractivity contribution in [1.29, 1.82) is 0 Å². The summed E-state index contributed by atoms with van der Waals surface area (Å²) in [5.41, 5.74) is 2.54. The summed E-state index contributed by atoms with van der Waals surface area (Å²) in [6.45, 7) is 0.622. The Kier molecular flexibility index (Phi) is 4.84. The van der Waals surface area contributed by atoms with Gasteiger partial charge in [-0.25, -0.2) is 9.97 Å². The van der Waals surface area contributed by atoms with Crippen LogP contribution in [0.25, 0.3) is 11.0 Å². The number of halogens is 3. The van der Waals surface area contributed by atoms with Crippen LogP contribution in [0, 0.1) is 0 Å². The van der Waals surface area contributed by atoms with Gasteiger partial charge in [0.15, 0.2) is 0 Å². The molecule has 148 valence electrons. The summed E-state index contributed by atoms with van der Waals surface area (Å²) in [5, 5.41) is 6.14. The third kappa shape index (κ3) is 4.01. The lowest BCUT2D eigenvalue weighted by Crippen LogP contribution is -2.05. The first kappa shape index (κ1) is 18.8. The van der Waals surface area contributed by atoms with E-state index in [4.69, 9.17) is 0 Å². The molecule has 4 aromatic rings. The standard InChI is InChI=1S/C21H18F3N5/c1-25-20-28-17-12-26-19(27-16-9-7-15(8-10-16)21(22,23)24)11-18(17)29(20)13-14-5-3-2-4-6-14/h2-12H,13H2,1H3,(H,25,28)(H,26,27). The largest absolute Gasteiger partial charge is 0.416 e. The van der Waals surface area contributed by atoms with Gasteiger partial charge in [0, 0.05) is 18.8 Å². The van der Waals surface area contributed by atoms with Crippen LogP contribution in [0.5, 0.6) is 0 Å². The number of hydrogen-bond donors (Lipinski definition) is 2. The molecule has 2 heterocycles. The van der Waals surface area contributed by atoms with Gasteiger partial charge in [0.2, 0.25) is 5.95 Å². The monoisotopic (exact) mass is 397 g/mol. The number of rotatable bonds is 5. The molecule has 0 aliphatic rings. The minimum atomic E-state index is -4.36. The highest BCUT2D eigenvalue weighted by Gasteiger charge is 2.29. The van der Waals surface area contributed by atoms with Crippen molar-refractivity contribution in [2.24, 2.45) is 0 Å². The molecule has 0 atom stereocenters. The molecule has 29 heavy (non-hydrogen) atoms. The van der Waals surface area contributed by atoms with Crippen LogP contribution in [0.4, 0.5) is 30.6 Å². The number of anilines is 3. The summed E-state index contributed by atoms with van der Waals surface area (Å²) in [7, 11) is 1.80. The lowest BCUT2D eigenvalue weighted by Gasteiger charge is -2.11. The van der Waals surface area contributed by atoms with Gasteiger partial charge in [-0.3, -0.25) is 0 Å². The van der Waals surface area contributed by atoms with Crippen molar-refractivity contribution < 1.29 is 13.2 Å². The van der Waals surface area contributed by atoms with Crippen LogP contribution in [0.15, 0.2) is 66.9 Å². The molecule has 5 nitrogen and oxygen atoms in total. The van der Waals surface area contributed by atoms with E-state index in [0.717, 1.165) is 28.7 Å². The van der Waals surface area contributed by atoms with Gasteiger partial charge >= 0.3 is 6.18 Å². The maximum Gasteiger partial charge on any atom is 0.416 e. The predicted molar refractivity (Wildman–Crippen MR) is 107 cm³/mol. The maximum atomic E-state index is 12.7. The molecule has 8 heteroatoms. The highest BCUT2D eigenvalue weighted by Crippen LogP contribution is 2.30. The number of pyridine rings is 1. The third-order valence-electron chi connectivity index (χ3n) is 4.53. The number of hydrogen-bond acceptors (Lipinski definition) is 4. The molecule has 0 saturated heterocycles. The second-order valence-electron chi connectivity index (χ2n) is 6.52. The second-order valence-corrected chi connectivity index (χ2v) is 6.52. The number of nitrogens with zero attached hydrogens (tertiary/aromatic N) is 3. The highest BCUT2D eigenvalue weighted by atomic mass is 19.4. The Labute approximate surface area is 165 Å². The molecule has 0 saturated carbocycles. The van der Waals surface area contributed by atoms with Gasteiger partial charge in [-0.05, 0) is 29.8 Å². The molecule has 0 aliphatic heterocycles. The first-order valence-electron chi connectivity index (χ1n) is 8.96. The normalized spacial score (nSPS) is 11.6. The lowest BCUT2D eigenvalue weighted by atomic mass is 10.2. The Hall–Kier alpha value is -3.55. The molecule has 0 amide bonds. The maximum absolute atomic E-state index is 12.7. The van der Waals surface area contributed by atoms with E-state index in [-0.39, 0.29) is 0 Å². The van der Waals surface area contributed by atoms with Gasteiger partial charge < -0.3 is 15.2 Å². The molecule has 0 bridgehead atoms. The minimum absolute atomic E-state index is 0.521. The molecule has 2 aromatic carbocycles. The first-order valence-corrected chi connectivity index (χ1v) is 8.96. The quantitative estimate of drug-likeness (QED) is 0.481. The van der Waals surface area contributed by atoms with E-state index in [2.05, 4.69) is 20.6 Å². The number of alkyl halides is 3. The number of nitrogens with one attached hydrogen (secondary N) is 2. The summed E-state index contributed by atoms with van der Waals surface area (Å²) in [6, 6.07) is 16.7. The molecule has 0 fully saturated rings. The molecule has 0 radical (unpaired) electrons. The first-order chi connectivity index (χ1) is 13.9. The van der Waals surface area contributed by atoms with Crippen molar-refractivity contribution in [2.75, 3.05) is 17.7 Å². The van der Waals surface area contributed by atoms with E-state index in [9.17, 15) is 13.2 Å². The van der Waals surface area contributed by atoms with Crippen LogP contribution in [0.2, 0.25) is 0 Å². The average molecular weight is 397 g/mol. The fraction of sp³-hybridized carbons (Fsp3) is 0.143. The molecule has 0 aliphatic carbocycles. The Balaban J connectivity index is 1.65. The van der Waals surface area contributed by atoms with E-state index >= 15 is 0 Å². The van der Waals surface area contributed by atoms with Crippen molar-refractivity contribution in [3.05, 3.63) is 78.0 Å². The van der Waals surface area contributed by atoms with E-state index in [1.807, 2.05) is 41.0 Å². The van der Waals surface area contributed by atoms with E-state index in [0.29, 0.717) is 24.0 Å².